The van der Waals surface area contributed by atoms with E-state index in [2.05, 4.69) is 4.98 Å². The number of nitrogens with two attached hydrogens (primary N) is 1. The van der Waals surface area contributed by atoms with Gasteiger partial charge in [-0.25, -0.2) is 8.42 Å². The van der Waals surface area contributed by atoms with Crippen LogP contribution in [0, 0.1) is 11.3 Å². The second-order valence-electron chi connectivity index (χ2n) is 3.47. The van der Waals surface area contributed by atoms with Crippen molar-refractivity contribution in [1.82, 2.24) is 4.98 Å². The summed E-state index contributed by atoms with van der Waals surface area (Å²) in [7, 11) is -2.34. The number of aromatic nitrogens is 1. The van der Waals surface area contributed by atoms with E-state index in [4.69, 9.17) is 11.0 Å². The molecule has 0 aliphatic carbocycles. The van der Waals surface area contributed by atoms with Gasteiger partial charge in [-0.15, -0.1) is 0 Å². The van der Waals surface area contributed by atoms with E-state index in [-0.39, 0.29) is 12.1 Å². The van der Waals surface area contributed by atoms with Crippen LogP contribution < -0.4 is 10.0 Å². The van der Waals surface area contributed by atoms with Crippen molar-refractivity contribution in [2.24, 2.45) is 0 Å². The molecule has 0 aliphatic rings. The van der Waals surface area contributed by atoms with Crippen molar-refractivity contribution in [1.29, 1.82) is 5.26 Å². The molecule has 0 spiro atoms. The van der Waals surface area contributed by atoms with Crippen molar-refractivity contribution >= 4 is 21.4 Å². The van der Waals surface area contributed by atoms with Gasteiger partial charge in [0, 0.05) is 13.2 Å². The Morgan fingerprint density at radius 3 is 2.76 bits per heavy atom. The van der Waals surface area contributed by atoms with E-state index < -0.39 is 15.3 Å². The number of hydrogen-bond acceptors (Lipinski definition) is 5. The third-order valence-electron chi connectivity index (χ3n) is 2.42. The lowest BCUT2D eigenvalue weighted by Gasteiger charge is -2.22. The van der Waals surface area contributed by atoms with E-state index in [0.717, 1.165) is 4.31 Å². The predicted molar refractivity (Wildman–Crippen MR) is 65.7 cm³/mol. The van der Waals surface area contributed by atoms with Gasteiger partial charge in [0.25, 0.3) is 10.0 Å². The molecule has 0 aliphatic heterocycles. The largest absolute Gasteiger partial charge is 0.396 e. The summed E-state index contributed by atoms with van der Waals surface area (Å²) in [5, 5.41) is 7.76. The van der Waals surface area contributed by atoms with E-state index in [1.165, 1.54) is 25.5 Å². The summed E-state index contributed by atoms with van der Waals surface area (Å²) in [5.41, 5.74) is 6.23. The zero-order chi connectivity index (χ0) is 13.1. The first-order valence-corrected chi connectivity index (χ1v) is 6.52. The number of nitrogens with zero attached hydrogens (tertiary/aromatic N) is 3. The molecule has 0 saturated carbocycles. The highest BCUT2D eigenvalue weighted by Gasteiger charge is 2.29. The summed E-state index contributed by atoms with van der Waals surface area (Å²) in [6.45, 7) is 1.65. The number of pyridine rings is 1. The number of sulfonamides is 1. The van der Waals surface area contributed by atoms with E-state index >= 15 is 0 Å². The molecular formula is C10H14N4O2S. The van der Waals surface area contributed by atoms with Crippen LogP contribution in [-0.2, 0) is 10.0 Å². The first-order chi connectivity index (χ1) is 7.95. The smallest absolute Gasteiger partial charge is 0.251 e. The summed E-state index contributed by atoms with van der Waals surface area (Å²) in [5.74, 6) is 0. The van der Waals surface area contributed by atoms with Gasteiger partial charge in [-0.05, 0) is 12.5 Å². The topological polar surface area (TPSA) is 100 Å². The van der Waals surface area contributed by atoms with Gasteiger partial charge >= 0.3 is 0 Å². The fourth-order valence-corrected chi connectivity index (χ4v) is 2.76. The quantitative estimate of drug-likeness (QED) is 0.853. The van der Waals surface area contributed by atoms with Gasteiger partial charge in [0.2, 0.25) is 0 Å². The molecule has 1 heterocycles. The van der Waals surface area contributed by atoms with Gasteiger partial charge in [-0.2, -0.15) is 5.26 Å². The van der Waals surface area contributed by atoms with Gasteiger partial charge in [-0.3, -0.25) is 9.29 Å². The van der Waals surface area contributed by atoms with E-state index in [0.29, 0.717) is 5.69 Å². The van der Waals surface area contributed by atoms with Gasteiger partial charge in [0.1, 0.15) is 0 Å². The maximum atomic E-state index is 12.1. The SMILES string of the molecule is CCC(C#N)S(=O)(=O)N(C)c1ccncc1N. The lowest BCUT2D eigenvalue weighted by atomic mass is 10.3. The molecule has 1 rings (SSSR count). The molecule has 6 nitrogen and oxygen atoms in total. The lowest BCUT2D eigenvalue weighted by Crippen LogP contribution is -2.35. The summed E-state index contributed by atoms with van der Waals surface area (Å²) < 4.78 is 25.2. The van der Waals surface area contributed by atoms with Crippen LogP contribution >= 0.6 is 0 Å². The summed E-state index contributed by atoms with van der Waals surface area (Å²) in [6, 6.07) is 3.27. The number of anilines is 2. The normalized spacial score (nSPS) is 12.8. The Morgan fingerprint density at radius 2 is 2.29 bits per heavy atom. The minimum Gasteiger partial charge on any atom is -0.396 e. The predicted octanol–water partition coefficient (Wildman–Crippen LogP) is 0.732. The highest BCUT2D eigenvalue weighted by atomic mass is 32.2. The van der Waals surface area contributed by atoms with Crippen molar-refractivity contribution in [2.45, 2.75) is 18.6 Å². The molecule has 2 N–H and O–H groups in total. The van der Waals surface area contributed by atoms with Gasteiger partial charge in [-0.1, -0.05) is 6.92 Å². The molecule has 92 valence electrons. The second kappa shape index (κ2) is 5.01. The highest BCUT2D eigenvalue weighted by molar-refractivity contribution is 7.93. The fraction of sp³-hybridized carbons (Fsp3) is 0.400. The zero-order valence-electron chi connectivity index (χ0n) is 9.66. The van der Waals surface area contributed by atoms with Gasteiger partial charge in [0.15, 0.2) is 5.25 Å². The summed E-state index contributed by atoms with van der Waals surface area (Å²) in [4.78, 5) is 3.78. The van der Waals surface area contributed by atoms with E-state index in [9.17, 15) is 8.42 Å². The van der Waals surface area contributed by atoms with Crippen LogP contribution in [0.5, 0.6) is 0 Å². The van der Waals surface area contributed by atoms with Crippen LogP contribution in [0.3, 0.4) is 0 Å². The Labute approximate surface area is 101 Å². The maximum Gasteiger partial charge on any atom is 0.251 e. The van der Waals surface area contributed by atoms with Crippen LogP contribution in [0.4, 0.5) is 11.4 Å². The van der Waals surface area contributed by atoms with Crippen LogP contribution in [-0.4, -0.2) is 25.7 Å². The Kier molecular flexibility index (Phi) is 3.91. The molecule has 17 heavy (non-hydrogen) atoms. The number of nitrogen functional groups attached to an aromatic ring is 1. The highest BCUT2D eigenvalue weighted by Crippen LogP contribution is 2.24. The van der Waals surface area contributed by atoms with Crippen LogP contribution in [0.2, 0.25) is 0 Å². The molecule has 0 saturated heterocycles. The van der Waals surface area contributed by atoms with Gasteiger partial charge in [0.05, 0.1) is 23.6 Å². The van der Waals surface area contributed by atoms with Crippen LogP contribution in [0.15, 0.2) is 18.5 Å². The standard InChI is InChI=1S/C10H14N4O2S/c1-3-8(6-11)17(15,16)14(2)10-4-5-13-7-9(10)12/h4-5,7-8H,3,12H2,1-2H3. The number of hydrogen-bond donors (Lipinski definition) is 1. The van der Waals surface area contributed by atoms with Crippen molar-refractivity contribution in [2.75, 3.05) is 17.1 Å². The first-order valence-electron chi connectivity index (χ1n) is 5.02. The van der Waals surface area contributed by atoms with E-state index in [1.807, 2.05) is 0 Å². The van der Waals surface area contributed by atoms with E-state index in [1.54, 1.807) is 13.0 Å². The minimum absolute atomic E-state index is 0.230. The number of nitriles is 1. The molecule has 0 radical (unpaired) electrons. The molecular weight excluding hydrogens is 240 g/mol. The van der Waals surface area contributed by atoms with Crippen molar-refractivity contribution in [3.63, 3.8) is 0 Å². The third kappa shape index (κ3) is 2.47. The molecule has 0 bridgehead atoms. The fourth-order valence-electron chi connectivity index (χ4n) is 1.38. The Morgan fingerprint density at radius 1 is 1.65 bits per heavy atom. The second-order valence-corrected chi connectivity index (χ2v) is 5.62. The summed E-state index contributed by atoms with van der Waals surface area (Å²) >= 11 is 0. The molecule has 0 fully saturated rings. The minimum atomic E-state index is -3.71. The Balaban J connectivity index is 3.19. The molecule has 0 amide bonds. The number of rotatable bonds is 4. The van der Waals surface area contributed by atoms with Crippen molar-refractivity contribution in [3.8, 4) is 6.07 Å². The molecule has 1 aromatic rings. The Hall–Kier alpha value is -1.81. The van der Waals surface area contributed by atoms with Crippen LogP contribution in [0.25, 0.3) is 0 Å². The van der Waals surface area contributed by atoms with Crippen molar-refractivity contribution < 1.29 is 8.42 Å². The monoisotopic (exact) mass is 254 g/mol. The molecule has 7 heteroatoms. The molecule has 1 aromatic heterocycles. The van der Waals surface area contributed by atoms with Gasteiger partial charge < -0.3 is 5.73 Å². The average Bonchev–Trinajstić information content (AvgIpc) is 2.30. The average molecular weight is 254 g/mol. The maximum absolute atomic E-state index is 12.1. The summed E-state index contributed by atoms with van der Waals surface area (Å²) in [6.07, 6.45) is 3.05. The lowest BCUT2D eigenvalue weighted by molar-refractivity contribution is 0.585. The molecule has 1 atom stereocenters. The molecule has 0 aromatic carbocycles. The zero-order valence-corrected chi connectivity index (χ0v) is 10.5. The van der Waals surface area contributed by atoms with Crippen LogP contribution in [0.1, 0.15) is 13.3 Å². The third-order valence-corrected chi connectivity index (χ3v) is 4.54. The molecule has 1 unspecified atom stereocenters. The van der Waals surface area contributed by atoms with Crippen molar-refractivity contribution in [3.05, 3.63) is 18.5 Å². The Bertz CT molecular complexity index is 535. The first kappa shape index (κ1) is 13.3.